The summed E-state index contributed by atoms with van der Waals surface area (Å²) in [6.07, 6.45) is 0.798. The van der Waals surface area contributed by atoms with Crippen molar-refractivity contribution in [1.82, 2.24) is 9.80 Å². The van der Waals surface area contributed by atoms with Gasteiger partial charge in [-0.15, -0.1) is 0 Å². The van der Waals surface area contributed by atoms with Crippen molar-refractivity contribution in [1.29, 1.82) is 0 Å². The van der Waals surface area contributed by atoms with Crippen molar-refractivity contribution in [3.05, 3.63) is 59.0 Å². The third-order valence-electron chi connectivity index (χ3n) is 5.28. The third-order valence-corrected chi connectivity index (χ3v) is 5.28. The van der Waals surface area contributed by atoms with Gasteiger partial charge >= 0.3 is 5.63 Å². The van der Waals surface area contributed by atoms with E-state index in [-0.39, 0.29) is 12.5 Å². The van der Waals surface area contributed by atoms with E-state index >= 15 is 0 Å². The minimum Gasteiger partial charge on any atom is -0.497 e. The number of carbonyl (C=O) groups is 2. The molecular weight excluding hydrogens is 400 g/mol. The van der Waals surface area contributed by atoms with Crippen LogP contribution in [0.4, 0.5) is 0 Å². The van der Waals surface area contributed by atoms with Gasteiger partial charge in [0.05, 0.1) is 12.7 Å². The zero-order chi connectivity index (χ0) is 21.8. The lowest BCUT2D eigenvalue weighted by atomic mass is 10.1. The highest BCUT2D eigenvalue weighted by atomic mass is 16.5. The standard InChI is InChI=1S/C23H22N2O6/c1-29-19-6-7-21-17(12-19)13-20(23(28)31-21)16-2-4-18(5-3-16)30-14-22(27)25-10-8-24(15-26)9-11-25/h2-7,12-13,15H,8-11,14H2,1H3. The largest absolute Gasteiger partial charge is 0.497 e. The molecule has 0 N–H and O–H groups in total. The molecule has 0 aliphatic carbocycles. The molecule has 2 amide bonds. The van der Waals surface area contributed by atoms with E-state index in [1.165, 1.54) is 0 Å². The fourth-order valence-corrected chi connectivity index (χ4v) is 3.47. The number of piperazine rings is 1. The Morgan fingerprint density at radius 1 is 1.03 bits per heavy atom. The first-order chi connectivity index (χ1) is 15.1. The van der Waals surface area contributed by atoms with Crippen LogP contribution in [-0.4, -0.2) is 62.0 Å². The molecule has 0 saturated carbocycles. The molecule has 0 spiro atoms. The van der Waals surface area contributed by atoms with Gasteiger partial charge in [0.2, 0.25) is 6.41 Å². The van der Waals surface area contributed by atoms with Gasteiger partial charge in [0, 0.05) is 31.6 Å². The van der Waals surface area contributed by atoms with Gasteiger partial charge in [-0.2, -0.15) is 0 Å². The molecule has 8 heteroatoms. The normalized spacial score (nSPS) is 13.8. The maximum Gasteiger partial charge on any atom is 0.344 e. The number of carbonyl (C=O) groups excluding carboxylic acids is 2. The maximum atomic E-state index is 12.4. The summed E-state index contributed by atoms with van der Waals surface area (Å²) in [6.45, 7) is 1.98. The van der Waals surface area contributed by atoms with Crippen molar-refractivity contribution in [2.45, 2.75) is 0 Å². The molecular formula is C23H22N2O6. The number of benzene rings is 2. The number of fused-ring (bicyclic) bond motifs is 1. The Balaban J connectivity index is 1.43. The number of amides is 2. The molecule has 3 aromatic rings. The molecule has 0 unspecified atom stereocenters. The van der Waals surface area contributed by atoms with Crippen LogP contribution in [0.15, 0.2) is 57.7 Å². The monoisotopic (exact) mass is 422 g/mol. The molecule has 8 nitrogen and oxygen atoms in total. The van der Waals surface area contributed by atoms with Crippen LogP contribution in [0, 0.1) is 0 Å². The molecule has 31 heavy (non-hydrogen) atoms. The van der Waals surface area contributed by atoms with Gasteiger partial charge in [-0.3, -0.25) is 9.59 Å². The average Bonchev–Trinajstić information content (AvgIpc) is 2.82. The summed E-state index contributed by atoms with van der Waals surface area (Å²) >= 11 is 0. The van der Waals surface area contributed by atoms with Gasteiger partial charge in [0.15, 0.2) is 6.61 Å². The number of hydrogen-bond acceptors (Lipinski definition) is 6. The maximum absolute atomic E-state index is 12.4. The van der Waals surface area contributed by atoms with E-state index in [1.54, 1.807) is 65.4 Å². The quantitative estimate of drug-likeness (QED) is 0.447. The van der Waals surface area contributed by atoms with Gasteiger partial charge in [-0.25, -0.2) is 4.79 Å². The van der Waals surface area contributed by atoms with Crippen molar-refractivity contribution in [3.8, 4) is 22.6 Å². The second-order valence-electron chi connectivity index (χ2n) is 7.19. The summed E-state index contributed by atoms with van der Waals surface area (Å²) in [7, 11) is 1.58. The molecule has 2 aromatic carbocycles. The SMILES string of the molecule is COc1ccc2oc(=O)c(-c3ccc(OCC(=O)N4CCN(C=O)CC4)cc3)cc2c1. The summed E-state index contributed by atoms with van der Waals surface area (Å²) in [6, 6.07) is 13.9. The van der Waals surface area contributed by atoms with Crippen LogP contribution in [0.3, 0.4) is 0 Å². The molecule has 1 fully saturated rings. The van der Waals surface area contributed by atoms with Crippen LogP contribution in [0.2, 0.25) is 0 Å². The van der Waals surface area contributed by atoms with Crippen LogP contribution in [0.1, 0.15) is 0 Å². The molecule has 1 aliphatic rings. The number of methoxy groups -OCH3 is 1. The highest BCUT2D eigenvalue weighted by Crippen LogP contribution is 2.25. The van der Waals surface area contributed by atoms with Gasteiger partial charge < -0.3 is 23.7 Å². The zero-order valence-corrected chi connectivity index (χ0v) is 17.1. The number of hydrogen-bond donors (Lipinski definition) is 0. The lowest BCUT2D eigenvalue weighted by Crippen LogP contribution is -2.49. The summed E-state index contributed by atoms with van der Waals surface area (Å²) < 4.78 is 16.3. The minimum absolute atomic E-state index is 0.0850. The zero-order valence-electron chi connectivity index (χ0n) is 17.1. The first kappa shape index (κ1) is 20.5. The van der Waals surface area contributed by atoms with Crippen LogP contribution >= 0.6 is 0 Å². The van der Waals surface area contributed by atoms with Crippen LogP contribution in [0.5, 0.6) is 11.5 Å². The molecule has 0 bridgehead atoms. The molecule has 1 saturated heterocycles. The first-order valence-electron chi connectivity index (χ1n) is 9.89. The Morgan fingerprint density at radius 3 is 2.42 bits per heavy atom. The van der Waals surface area contributed by atoms with E-state index in [1.807, 2.05) is 0 Å². The summed E-state index contributed by atoms with van der Waals surface area (Å²) in [5.74, 6) is 1.07. The van der Waals surface area contributed by atoms with Crippen molar-refractivity contribution in [2.24, 2.45) is 0 Å². The second-order valence-corrected chi connectivity index (χ2v) is 7.19. The molecule has 160 valence electrons. The highest BCUT2D eigenvalue weighted by Gasteiger charge is 2.20. The molecule has 0 atom stereocenters. The van der Waals surface area contributed by atoms with Gasteiger partial charge in [-0.1, -0.05) is 12.1 Å². The van der Waals surface area contributed by atoms with Gasteiger partial charge in [0.1, 0.15) is 17.1 Å². The topological polar surface area (TPSA) is 89.3 Å². The van der Waals surface area contributed by atoms with E-state index < -0.39 is 5.63 Å². The number of ether oxygens (including phenoxy) is 2. The lowest BCUT2D eigenvalue weighted by molar-refractivity contribution is -0.137. The van der Waals surface area contributed by atoms with E-state index in [0.29, 0.717) is 54.4 Å². The fraction of sp³-hybridized carbons (Fsp3) is 0.261. The first-order valence-corrected chi connectivity index (χ1v) is 9.89. The van der Waals surface area contributed by atoms with Gasteiger partial charge in [-0.05, 0) is 42.0 Å². The summed E-state index contributed by atoms with van der Waals surface area (Å²) in [4.78, 5) is 38.8. The van der Waals surface area contributed by atoms with Crippen molar-refractivity contribution in [2.75, 3.05) is 39.9 Å². The average molecular weight is 422 g/mol. The Labute approximate surface area is 178 Å². The smallest absolute Gasteiger partial charge is 0.344 e. The van der Waals surface area contributed by atoms with E-state index in [9.17, 15) is 14.4 Å². The number of nitrogens with zero attached hydrogens (tertiary/aromatic N) is 2. The van der Waals surface area contributed by atoms with Crippen LogP contribution in [0.25, 0.3) is 22.1 Å². The summed E-state index contributed by atoms with van der Waals surface area (Å²) in [5, 5.41) is 0.759. The molecule has 0 radical (unpaired) electrons. The Hall–Kier alpha value is -3.81. The molecule has 2 heterocycles. The van der Waals surface area contributed by atoms with Crippen LogP contribution in [-0.2, 0) is 9.59 Å². The molecule has 4 rings (SSSR count). The van der Waals surface area contributed by atoms with E-state index in [4.69, 9.17) is 13.9 Å². The van der Waals surface area contributed by atoms with Gasteiger partial charge in [0.25, 0.3) is 5.91 Å². The minimum atomic E-state index is -0.434. The lowest BCUT2D eigenvalue weighted by Gasteiger charge is -2.32. The fourth-order valence-electron chi connectivity index (χ4n) is 3.47. The second kappa shape index (κ2) is 8.91. The Kier molecular flexibility index (Phi) is 5.88. The Bertz CT molecular complexity index is 1150. The van der Waals surface area contributed by atoms with Crippen molar-refractivity contribution < 1.29 is 23.5 Å². The Morgan fingerprint density at radius 2 is 1.74 bits per heavy atom. The van der Waals surface area contributed by atoms with E-state index in [2.05, 4.69) is 0 Å². The van der Waals surface area contributed by atoms with Crippen molar-refractivity contribution >= 4 is 23.3 Å². The van der Waals surface area contributed by atoms with Crippen molar-refractivity contribution in [3.63, 3.8) is 0 Å². The summed E-state index contributed by atoms with van der Waals surface area (Å²) in [5.41, 5.74) is 1.16. The highest BCUT2D eigenvalue weighted by molar-refractivity contribution is 5.83. The predicted molar refractivity (Wildman–Crippen MR) is 114 cm³/mol. The molecule has 1 aliphatic heterocycles. The van der Waals surface area contributed by atoms with E-state index in [0.717, 1.165) is 11.8 Å². The third kappa shape index (κ3) is 4.53. The predicted octanol–water partition coefficient (Wildman–Crippen LogP) is 2.15. The van der Waals surface area contributed by atoms with Crippen LogP contribution < -0.4 is 15.1 Å². The number of rotatable bonds is 6. The molecule has 1 aromatic heterocycles.